The zero-order valence-corrected chi connectivity index (χ0v) is 9.68. The molecule has 1 atom stereocenters. The number of aromatic nitrogens is 2. The minimum absolute atomic E-state index is 0.00153. The van der Waals surface area contributed by atoms with Crippen molar-refractivity contribution in [2.75, 3.05) is 0 Å². The third-order valence-corrected chi connectivity index (χ3v) is 3.68. The van der Waals surface area contributed by atoms with Crippen molar-refractivity contribution in [2.45, 2.75) is 19.3 Å². The molecule has 3 rings (SSSR count). The highest BCUT2D eigenvalue weighted by molar-refractivity contribution is 7.10. The smallest absolute Gasteiger partial charge is 0.356 e. The van der Waals surface area contributed by atoms with E-state index in [2.05, 4.69) is 4.98 Å². The van der Waals surface area contributed by atoms with Crippen molar-refractivity contribution in [1.29, 1.82) is 0 Å². The average Bonchev–Trinajstić information content (AvgIpc) is 2.97. The maximum Gasteiger partial charge on any atom is 0.356 e. The Bertz CT molecular complexity index is 547. The van der Waals surface area contributed by atoms with E-state index in [1.165, 1.54) is 0 Å². The van der Waals surface area contributed by atoms with Gasteiger partial charge in [-0.25, -0.2) is 9.78 Å². The number of hydrogen-bond donors (Lipinski definition) is 1. The van der Waals surface area contributed by atoms with Gasteiger partial charge in [-0.2, -0.15) is 0 Å². The third-order valence-electron chi connectivity index (χ3n) is 2.71. The molecule has 1 N–H and O–H groups in total. The molecule has 1 aliphatic heterocycles. The number of carboxylic acids is 1. The summed E-state index contributed by atoms with van der Waals surface area (Å²) >= 11 is 1.64. The van der Waals surface area contributed by atoms with Crippen LogP contribution in [0.4, 0.5) is 0 Å². The van der Waals surface area contributed by atoms with Gasteiger partial charge < -0.3 is 14.4 Å². The summed E-state index contributed by atoms with van der Waals surface area (Å²) in [5, 5.41) is 10.9. The summed E-state index contributed by atoms with van der Waals surface area (Å²) in [7, 11) is 0. The van der Waals surface area contributed by atoms with E-state index in [9.17, 15) is 4.79 Å². The molecule has 0 spiro atoms. The van der Waals surface area contributed by atoms with E-state index >= 15 is 0 Å². The van der Waals surface area contributed by atoms with Crippen LogP contribution < -0.4 is 0 Å². The van der Waals surface area contributed by atoms with E-state index < -0.39 is 5.97 Å². The van der Waals surface area contributed by atoms with Gasteiger partial charge in [0, 0.05) is 11.1 Å². The lowest BCUT2D eigenvalue weighted by atomic mass is 10.2. The van der Waals surface area contributed by atoms with Gasteiger partial charge in [0.25, 0.3) is 0 Å². The van der Waals surface area contributed by atoms with Crippen molar-refractivity contribution in [1.82, 2.24) is 9.55 Å². The average molecular weight is 250 g/mol. The lowest BCUT2D eigenvalue weighted by molar-refractivity contribution is 0.00267. The Morgan fingerprint density at radius 2 is 2.53 bits per heavy atom. The van der Waals surface area contributed by atoms with E-state index in [4.69, 9.17) is 9.84 Å². The van der Waals surface area contributed by atoms with Crippen LogP contribution >= 0.6 is 11.3 Å². The third kappa shape index (κ3) is 1.85. The monoisotopic (exact) mass is 250 g/mol. The van der Waals surface area contributed by atoms with Gasteiger partial charge in [0.2, 0.25) is 0 Å². The molecule has 0 fully saturated rings. The van der Waals surface area contributed by atoms with Gasteiger partial charge in [-0.15, -0.1) is 11.3 Å². The highest BCUT2D eigenvalue weighted by atomic mass is 32.1. The summed E-state index contributed by atoms with van der Waals surface area (Å²) in [4.78, 5) is 16.0. The molecule has 88 valence electrons. The number of aromatic carboxylic acids is 1. The van der Waals surface area contributed by atoms with Crippen molar-refractivity contribution in [3.8, 4) is 0 Å². The summed E-state index contributed by atoms with van der Waals surface area (Å²) in [6, 6.07) is 4.00. The van der Waals surface area contributed by atoms with Gasteiger partial charge >= 0.3 is 5.97 Å². The Balaban J connectivity index is 1.88. The number of hydrogen-bond acceptors (Lipinski definition) is 4. The molecule has 3 heterocycles. The fourth-order valence-electron chi connectivity index (χ4n) is 1.88. The molecule has 0 bridgehead atoms. The molecule has 0 aromatic carbocycles. The highest BCUT2D eigenvalue weighted by Crippen LogP contribution is 2.29. The predicted molar refractivity (Wildman–Crippen MR) is 61.0 cm³/mol. The summed E-state index contributed by atoms with van der Waals surface area (Å²) in [6.45, 7) is 0.978. The molecular formula is C11H10N2O3S. The number of fused-ring (bicyclic) bond motifs is 1. The topological polar surface area (TPSA) is 64.3 Å². The van der Waals surface area contributed by atoms with Crippen molar-refractivity contribution in [3.05, 3.63) is 40.1 Å². The van der Waals surface area contributed by atoms with E-state index in [0.29, 0.717) is 19.0 Å². The lowest BCUT2D eigenvalue weighted by Crippen LogP contribution is -2.20. The van der Waals surface area contributed by atoms with Crippen molar-refractivity contribution < 1.29 is 14.6 Å². The number of thiophene rings is 1. The maximum absolute atomic E-state index is 10.8. The van der Waals surface area contributed by atoms with Gasteiger partial charge in [-0.05, 0) is 11.4 Å². The molecular weight excluding hydrogens is 240 g/mol. The van der Waals surface area contributed by atoms with Crippen LogP contribution in [-0.2, 0) is 17.9 Å². The summed E-state index contributed by atoms with van der Waals surface area (Å²) in [6.07, 6.45) is 1.57. The van der Waals surface area contributed by atoms with Gasteiger partial charge in [-0.3, -0.25) is 0 Å². The zero-order valence-electron chi connectivity index (χ0n) is 8.87. The molecule has 0 radical (unpaired) electrons. The summed E-state index contributed by atoms with van der Waals surface area (Å²) in [5.41, 5.74) is 0.0791. The molecule has 0 amide bonds. The number of carbonyl (C=O) groups is 1. The van der Waals surface area contributed by atoms with Crippen LogP contribution in [0.3, 0.4) is 0 Å². The Hall–Kier alpha value is -1.66. The quantitative estimate of drug-likeness (QED) is 0.884. The van der Waals surface area contributed by atoms with E-state index in [1.807, 2.05) is 22.1 Å². The fraction of sp³-hybridized carbons (Fsp3) is 0.273. The van der Waals surface area contributed by atoms with Crippen LogP contribution in [-0.4, -0.2) is 20.6 Å². The standard InChI is InChI=1S/C11H10N2O3S/c14-11(15)7-4-13-5-8(9-2-1-3-17-9)16-6-10(13)12-7/h1-4,8H,5-6H2,(H,14,15)/t8-/m1/s1. The highest BCUT2D eigenvalue weighted by Gasteiger charge is 2.24. The molecule has 1 aliphatic rings. The summed E-state index contributed by atoms with van der Waals surface area (Å²) in [5.74, 6) is -0.324. The second kappa shape index (κ2) is 3.97. The minimum atomic E-state index is -1.00. The number of ether oxygens (including phenoxy) is 1. The molecule has 5 nitrogen and oxygen atoms in total. The van der Waals surface area contributed by atoms with E-state index in [-0.39, 0.29) is 11.8 Å². The van der Waals surface area contributed by atoms with Crippen LogP contribution in [0.5, 0.6) is 0 Å². The number of carboxylic acid groups (broad SMARTS) is 1. The molecule has 17 heavy (non-hydrogen) atoms. The van der Waals surface area contributed by atoms with Crippen LogP contribution in [0.2, 0.25) is 0 Å². The normalized spacial score (nSPS) is 18.9. The largest absolute Gasteiger partial charge is 0.476 e. The van der Waals surface area contributed by atoms with Crippen LogP contribution in [0, 0.1) is 0 Å². The predicted octanol–water partition coefficient (Wildman–Crippen LogP) is 1.91. The SMILES string of the molecule is O=C(O)c1cn2c(n1)CO[C@@H](c1cccs1)C2. The summed E-state index contributed by atoms with van der Waals surface area (Å²) < 4.78 is 7.53. The first-order valence-electron chi connectivity index (χ1n) is 5.18. The molecule has 0 saturated carbocycles. The van der Waals surface area contributed by atoms with Gasteiger partial charge in [0.05, 0.1) is 6.54 Å². The van der Waals surface area contributed by atoms with Crippen LogP contribution in [0.1, 0.15) is 27.3 Å². The maximum atomic E-state index is 10.8. The molecule has 2 aromatic rings. The minimum Gasteiger partial charge on any atom is -0.476 e. The fourth-order valence-corrected chi connectivity index (χ4v) is 2.65. The van der Waals surface area contributed by atoms with Crippen molar-refractivity contribution in [3.63, 3.8) is 0 Å². The number of nitrogens with zero attached hydrogens (tertiary/aromatic N) is 2. The number of rotatable bonds is 2. The van der Waals surface area contributed by atoms with Gasteiger partial charge in [0.1, 0.15) is 18.5 Å². The Kier molecular flexibility index (Phi) is 2.45. The Labute approximate surface area is 101 Å². The molecule has 2 aromatic heterocycles. The van der Waals surface area contributed by atoms with Crippen LogP contribution in [0.15, 0.2) is 23.7 Å². The van der Waals surface area contributed by atoms with Crippen LogP contribution in [0.25, 0.3) is 0 Å². The Morgan fingerprint density at radius 1 is 1.65 bits per heavy atom. The second-order valence-electron chi connectivity index (χ2n) is 3.81. The first-order valence-corrected chi connectivity index (χ1v) is 6.06. The Morgan fingerprint density at radius 3 is 3.24 bits per heavy atom. The van der Waals surface area contributed by atoms with E-state index in [0.717, 1.165) is 4.88 Å². The zero-order chi connectivity index (χ0) is 11.8. The molecule has 0 saturated heterocycles. The first kappa shape index (κ1) is 10.5. The van der Waals surface area contributed by atoms with Gasteiger partial charge in [-0.1, -0.05) is 6.07 Å². The molecule has 0 aliphatic carbocycles. The first-order chi connectivity index (χ1) is 8.24. The second-order valence-corrected chi connectivity index (χ2v) is 4.79. The van der Waals surface area contributed by atoms with Crippen molar-refractivity contribution >= 4 is 17.3 Å². The van der Waals surface area contributed by atoms with E-state index in [1.54, 1.807) is 17.5 Å². The van der Waals surface area contributed by atoms with Gasteiger partial charge in [0.15, 0.2) is 5.69 Å². The molecule has 0 unspecified atom stereocenters. The van der Waals surface area contributed by atoms with Crippen molar-refractivity contribution in [2.24, 2.45) is 0 Å². The lowest BCUT2D eigenvalue weighted by Gasteiger charge is -2.23. The molecule has 6 heteroatoms. The number of imidazole rings is 1.